The number of benzene rings is 4. The van der Waals surface area contributed by atoms with Gasteiger partial charge in [-0.25, -0.2) is 0 Å². The van der Waals surface area contributed by atoms with Crippen LogP contribution < -0.4 is 0 Å². The van der Waals surface area contributed by atoms with E-state index in [0.717, 1.165) is 0 Å². The first-order valence-electron chi connectivity index (χ1n) is 14.2. The second-order valence-electron chi connectivity index (χ2n) is 12.4. The number of allylic oxidation sites excluding steroid dienone is 2. The van der Waals surface area contributed by atoms with Crippen LogP contribution in [0.1, 0.15) is 54.6 Å². The minimum absolute atomic E-state index is 0.565. The van der Waals surface area contributed by atoms with Crippen molar-refractivity contribution in [3.05, 3.63) is 154 Å². The van der Waals surface area contributed by atoms with Crippen LogP contribution >= 0.6 is 0 Å². The summed E-state index contributed by atoms with van der Waals surface area (Å²) in [5.41, 5.74) is 12.5. The van der Waals surface area contributed by atoms with Crippen molar-refractivity contribution in [2.24, 2.45) is 0 Å². The third kappa shape index (κ3) is 3.87. The van der Waals surface area contributed by atoms with E-state index in [0.29, 0.717) is 7.35 Å². The zero-order valence-corrected chi connectivity index (χ0v) is 27.9. The van der Waals surface area contributed by atoms with Crippen LogP contribution in [0.3, 0.4) is 0 Å². The Balaban J connectivity index is 1.76. The van der Waals surface area contributed by atoms with Crippen LogP contribution in [0.5, 0.6) is 0 Å². The van der Waals surface area contributed by atoms with E-state index in [1.807, 2.05) is 0 Å². The fourth-order valence-electron chi connectivity index (χ4n) is 8.83. The van der Waals surface area contributed by atoms with Gasteiger partial charge < -0.3 is 0 Å². The Hall–Kier alpha value is -2.55. The molecule has 38 heavy (non-hydrogen) atoms. The summed E-state index contributed by atoms with van der Waals surface area (Å²) in [4.78, 5) is 0. The fourth-order valence-corrected chi connectivity index (χ4v) is 75.3. The maximum absolute atomic E-state index is 4.24. The van der Waals surface area contributed by atoms with Gasteiger partial charge in [0.2, 0.25) is 0 Å². The molecule has 0 saturated carbocycles. The van der Waals surface area contributed by atoms with Gasteiger partial charge in [-0.1, -0.05) is 0 Å². The number of fused-ring (bicyclic) bond motifs is 2. The van der Waals surface area contributed by atoms with Crippen LogP contribution in [-0.4, -0.2) is 5.98 Å². The van der Waals surface area contributed by atoms with Gasteiger partial charge in [-0.15, -0.1) is 0 Å². The normalized spacial score (nSPS) is 19.3. The molecule has 0 radical (unpaired) electrons. The van der Waals surface area contributed by atoms with Crippen molar-refractivity contribution in [1.29, 1.82) is 0 Å². The topological polar surface area (TPSA) is 0 Å². The van der Waals surface area contributed by atoms with Gasteiger partial charge in [0, 0.05) is 0 Å². The summed E-state index contributed by atoms with van der Waals surface area (Å²) in [5, 5.41) is 0. The van der Waals surface area contributed by atoms with Crippen LogP contribution in [0.2, 0.25) is 13.1 Å². The predicted molar refractivity (Wildman–Crippen MR) is 165 cm³/mol. The summed E-state index contributed by atoms with van der Waals surface area (Å²) in [5.74, 6) is -1.26. The molecule has 4 aromatic carbocycles. The van der Waals surface area contributed by atoms with E-state index in [1.165, 1.54) is 19.5 Å². The zero-order chi connectivity index (χ0) is 26.4. The Morgan fingerprint density at radius 3 is 1.29 bits per heavy atom. The Morgan fingerprint density at radius 1 is 0.526 bits per heavy atom. The first kappa shape index (κ1) is 25.7. The molecule has 0 saturated heterocycles. The summed E-state index contributed by atoms with van der Waals surface area (Å²) in [7, 11) is 0. The summed E-state index contributed by atoms with van der Waals surface area (Å²) >= 11 is -4.24. The van der Waals surface area contributed by atoms with E-state index in [-0.39, 0.29) is 0 Å². The van der Waals surface area contributed by atoms with Crippen LogP contribution in [0.15, 0.2) is 120 Å². The van der Waals surface area contributed by atoms with Crippen LogP contribution in [0, 0.1) is 0 Å². The van der Waals surface area contributed by atoms with Gasteiger partial charge in [0.25, 0.3) is 0 Å². The van der Waals surface area contributed by atoms with Crippen molar-refractivity contribution >= 4 is 18.1 Å². The second kappa shape index (κ2) is 9.88. The molecule has 0 nitrogen and oxygen atoms in total. The van der Waals surface area contributed by atoms with Gasteiger partial charge >= 0.3 is 232 Å². The summed E-state index contributed by atoms with van der Waals surface area (Å²) in [6, 6.07) is 41.9. The van der Waals surface area contributed by atoms with Crippen LogP contribution in [0.4, 0.5) is 0 Å². The van der Waals surface area contributed by atoms with Crippen LogP contribution in [-0.2, 0) is 26.0 Å². The molecule has 0 heterocycles. The third-order valence-electron chi connectivity index (χ3n) is 10.2. The molecule has 0 spiro atoms. The Kier molecular flexibility index (Phi) is 6.69. The molecule has 2 atom stereocenters. The maximum atomic E-state index is 2.74. The van der Waals surface area contributed by atoms with Gasteiger partial charge in [-0.3, -0.25) is 0 Å². The summed E-state index contributed by atoms with van der Waals surface area (Å²) < 4.78 is 3.70. The molecule has 0 N–H and O–H groups in total. The van der Waals surface area contributed by atoms with Crippen molar-refractivity contribution < 1.29 is 17.7 Å². The Labute approximate surface area is 230 Å². The van der Waals surface area contributed by atoms with Crippen molar-refractivity contribution in [3.8, 4) is 0 Å². The zero-order valence-electron chi connectivity index (χ0n) is 23.2. The molecule has 0 aliphatic heterocycles. The molecule has 2 aliphatic carbocycles. The standard InChI is InChI=1S/2C10H9.2C7H7.C2H7Si.Hf/c2*1-8-6-9-4-2-3-5-10(9)7-8;2*1-7-5-3-2-4-6-7;1-3-2;/h2*2-7H,1H3;2*2-6H,1H2;3H,1-2H3;. The Morgan fingerprint density at radius 2 is 0.895 bits per heavy atom. The van der Waals surface area contributed by atoms with Gasteiger partial charge in [-0.2, -0.15) is 0 Å². The molecule has 4 aromatic rings. The first-order chi connectivity index (χ1) is 18.4. The molecular formula is C36H39HfSi. The third-order valence-corrected chi connectivity index (χ3v) is 79.2. The van der Waals surface area contributed by atoms with Crippen molar-refractivity contribution in [1.82, 2.24) is 0 Å². The molecule has 0 amide bonds. The van der Waals surface area contributed by atoms with Crippen molar-refractivity contribution in [3.63, 3.8) is 0 Å². The number of hydrogen-bond acceptors (Lipinski definition) is 0. The summed E-state index contributed by atoms with van der Waals surface area (Å²) in [6.45, 7) is 10.4. The van der Waals surface area contributed by atoms with Gasteiger partial charge in [0.05, 0.1) is 0 Å². The average Bonchev–Trinajstić information content (AvgIpc) is 3.45. The molecule has 2 heteroatoms. The average molecular weight is 678 g/mol. The van der Waals surface area contributed by atoms with Crippen LogP contribution in [0.25, 0.3) is 12.2 Å². The molecular weight excluding hydrogens is 639 g/mol. The van der Waals surface area contributed by atoms with E-state index in [4.69, 9.17) is 0 Å². The number of hydrogen-bond donors (Lipinski definition) is 0. The number of rotatable bonds is 7. The summed E-state index contributed by atoms with van der Waals surface area (Å²) in [6.07, 6.45) is 5.09. The van der Waals surface area contributed by atoms with Gasteiger partial charge in [0.15, 0.2) is 0 Å². The minimum atomic E-state index is -4.24. The van der Waals surface area contributed by atoms with Crippen molar-refractivity contribution in [2.45, 2.75) is 42.6 Å². The quantitative estimate of drug-likeness (QED) is 0.171. The fraction of sp³-hybridized carbons (Fsp3) is 0.222. The SMILES string of the molecule is CC1=Cc2ccccc2[CH]1[Hf]([CH2]c1ccccc1)([CH2]c1ccccc1)([CH]1C(C)=Cc2ccccc21)[SiH](C)C. The van der Waals surface area contributed by atoms with E-state index >= 15 is 0 Å². The predicted octanol–water partition coefficient (Wildman–Crippen LogP) is 9.38. The molecule has 6 rings (SSSR count). The van der Waals surface area contributed by atoms with E-state index in [1.54, 1.807) is 33.4 Å². The van der Waals surface area contributed by atoms with E-state index < -0.39 is 23.7 Å². The molecule has 0 aromatic heterocycles. The monoisotopic (exact) mass is 679 g/mol. The van der Waals surface area contributed by atoms with Gasteiger partial charge in [-0.05, 0) is 0 Å². The second-order valence-corrected chi connectivity index (χ2v) is 60.1. The van der Waals surface area contributed by atoms with Gasteiger partial charge in [0.1, 0.15) is 0 Å². The molecule has 2 aliphatic rings. The van der Waals surface area contributed by atoms with E-state index in [9.17, 15) is 0 Å². The molecule has 2 unspecified atom stereocenters. The first-order valence-corrected chi connectivity index (χ1v) is 32.6. The van der Waals surface area contributed by atoms with E-state index in [2.05, 4.69) is 148 Å². The Bertz CT molecular complexity index is 1420. The molecule has 191 valence electrons. The molecule has 0 bridgehead atoms. The molecule has 0 fully saturated rings. The van der Waals surface area contributed by atoms with Crippen molar-refractivity contribution in [2.75, 3.05) is 0 Å².